The summed E-state index contributed by atoms with van der Waals surface area (Å²) in [5.41, 5.74) is 1.04. The van der Waals surface area contributed by atoms with E-state index in [9.17, 15) is 14.9 Å². The van der Waals surface area contributed by atoms with Crippen LogP contribution in [0.25, 0.3) is 0 Å². The molecule has 0 radical (unpaired) electrons. The van der Waals surface area contributed by atoms with Gasteiger partial charge in [-0.05, 0) is 34.0 Å². The normalized spacial score (nSPS) is 10.0. The van der Waals surface area contributed by atoms with E-state index in [0.717, 1.165) is 5.56 Å². The maximum absolute atomic E-state index is 10.6. The third-order valence-corrected chi connectivity index (χ3v) is 2.87. The fraction of sp³-hybridized carbons (Fsp3) is 0.222. The second-order valence-electron chi connectivity index (χ2n) is 3.02. The number of halogens is 1. The maximum Gasteiger partial charge on any atom is 0.307 e. The van der Waals surface area contributed by atoms with Crippen molar-refractivity contribution < 1.29 is 14.8 Å². The number of benzene rings is 1. The molecular formula is C9H8BrNO4. The Labute approximate surface area is 94.0 Å². The van der Waals surface area contributed by atoms with Crippen LogP contribution in [-0.4, -0.2) is 16.0 Å². The highest BCUT2D eigenvalue weighted by molar-refractivity contribution is 9.10. The monoisotopic (exact) mass is 273 g/mol. The van der Waals surface area contributed by atoms with Crippen LogP contribution in [0.2, 0.25) is 0 Å². The number of nitro groups is 1. The third-order valence-electron chi connectivity index (χ3n) is 1.98. The predicted molar refractivity (Wildman–Crippen MR) is 56.9 cm³/mol. The van der Waals surface area contributed by atoms with Crippen molar-refractivity contribution >= 4 is 27.6 Å². The number of aliphatic carboxylic acids is 1. The van der Waals surface area contributed by atoms with Crippen LogP contribution >= 0.6 is 15.9 Å². The fourth-order valence-corrected chi connectivity index (χ4v) is 1.94. The van der Waals surface area contributed by atoms with Crippen LogP contribution in [0, 0.1) is 17.0 Å². The molecule has 0 aliphatic rings. The van der Waals surface area contributed by atoms with Crippen LogP contribution in [0.1, 0.15) is 11.1 Å². The second kappa shape index (κ2) is 4.39. The van der Waals surface area contributed by atoms with Crippen LogP contribution in [-0.2, 0) is 11.2 Å². The van der Waals surface area contributed by atoms with E-state index in [1.54, 1.807) is 13.0 Å². The lowest BCUT2D eigenvalue weighted by Crippen LogP contribution is -2.04. The highest BCUT2D eigenvalue weighted by atomic mass is 79.9. The topological polar surface area (TPSA) is 80.4 Å². The summed E-state index contributed by atoms with van der Waals surface area (Å²) in [6, 6.07) is 2.89. The first kappa shape index (κ1) is 11.6. The molecule has 1 aromatic carbocycles. The molecule has 0 saturated heterocycles. The van der Waals surface area contributed by atoms with Crippen molar-refractivity contribution in [2.24, 2.45) is 0 Å². The molecule has 0 aliphatic heterocycles. The average molecular weight is 274 g/mol. The van der Waals surface area contributed by atoms with Crippen LogP contribution in [0.4, 0.5) is 5.69 Å². The number of nitro benzene ring substituents is 1. The van der Waals surface area contributed by atoms with Gasteiger partial charge in [0.05, 0.1) is 15.8 Å². The van der Waals surface area contributed by atoms with Gasteiger partial charge in [0.25, 0.3) is 5.69 Å². The first-order chi connectivity index (χ1) is 6.93. The molecule has 5 nitrogen and oxygen atoms in total. The minimum absolute atomic E-state index is 0.114. The zero-order valence-corrected chi connectivity index (χ0v) is 9.44. The van der Waals surface area contributed by atoms with Gasteiger partial charge < -0.3 is 5.11 Å². The van der Waals surface area contributed by atoms with Crippen LogP contribution in [0.15, 0.2) is 16.6 Å². The quantitative estimate of drug-likeness (QED) is 0.677. The summed E-state index contributed by atoms with van der Waals surface area (Å²) in [5, 5.41) is 19.3. The van der Waals surface area contributed by atoms with Crippen molar-refractivity contribution in [3.05, 3.63) is 37.8 Å². The van der Waals surface area contributed by atoms with E-state index < -0.39 is 10.9 Å². The maximum atomic E-state index is 10.6. The third kappa shape index (κ3) is 2.53. The van der Waals surface area contributed by atoms with Crippen molar-refractivity contribution in [1.82, 2.24) is 0 Å². The number of carbonyl (C=O) groups is 1. The molecule has 0 atom stereocenters. The number of carboxylic acids is 1. The SMILES string of the molecule is Cc1ccc([N+](=O)[O-])c(Br)c1CC(=O)O. The Morgan fingerprint density at radius 1 is 1.60 bits per heavy atom. The highest BCUT2D eigenvalue weighted by Crippen LogP contribution is 2.30. The van der Waals surface area contributed by atoms with Crippen molar-refractivity contribution in [3.8, 4) is 0 Å². The standard InChI is InChI=1S/C9H8BrNO4/c1-5-2-3-7(11(14)15)9(10)6(5)4-8(12)13/h2-3H,4H2,1H3,(H,12,13). The van der Waals surface area contributed by atoms with Crippen molar-refractivity contribution in [3.63, 3.8) is 0 Å². The summed E-state index contributed by atoms with van der Waals surface area (Å²) >= 11 is 3.06. The zero-order chi connectivity index (χ0) is 11.6. The second-order valence-corrected chi connectivity index (χ2v) is 3.81. The Morgan fingerprint density at radius 2 is 2.20 bits per heavy atom. The molecule has 15 heavy (non-hydrogen) atoms. The van der Waals surface area contributed by atoms with Crippen LogP contribution < -0.4 is 0 Å². The predicted octanol–water partition coefficient (Wildman–Crippen LogP) is 2.29. The molecule has 0 amide bonds. The Balaban J connectivity index is 3.29. The number of rotatable bonds is 3. The van der Waals surface area contributed by atoms with Gasteiger partial charge in [0.2, 0.25) is 0 Å². The molecule has 80 valence electrons. The lowest BCUT2D eigenvalue weighted by Gasteiger charge is -2.06. The number of hydrogen-bond donors (Lipinski definition) is 1. The van der Waals surface area contributed by atoms with Gasteiger partial charge in [0, 0.05) is 6.07 Å². The Morgan fingerprint density at radius 3 is 2.67 bits per heavy atom. The van der Waals surface area contributed by atoms with E-state index >= 15 is 0 Å². The van der Waals surface area contributed by atoms with E-state index in [2.05, 4.69) is 15.9 Å². The van der Waals surface area contributed by atoms with Gasteiger partial charge in [-0.3, -0.25) is 14.9 Å². The summed E-state index contributed by atoms with van der Waals surface area (Å²) in [6.45, 7) is 1.72. The Kier molecular flexibility index (Phi) is 3.41. The summed E-state index contributed by atoms with van der Waals surface area (Å²) in [7, 11) is 0. The number of carboxylic acid groups (broad SMARTS) is 1. The highest BCUT2D eigenvalue weighted by Gasteiger charge is 2.18. The lowest BCUT2D eigenvalue weighted by molar-refractivity contribution is -0.385. The van der Waals surface area contributed by atoms with Gasteiger partial charge in [-0.1, -0.05) is 6.07 Å². The van der Waals surface area contributed by atoms with Crippen LogP contribution in [0.3, 0.4) is 0 Å². The van der Waals surface area contributed by atoms with Gasteiger partial charge in [0.1, 0.15) is 0 Å². The van der Waals surface area contributed by atoms with E-state index in [0.29, 0.717) is 5.56 Å². The number of nitrogens with zero attached hydrogens (tertiary/aromatic N) is 1. The van der Waals surface area contributed by atoms with Gasteiger partial charge >= 0.3 is 5.97 Å². The molecule has 0 heterocycles. The summed E-state index contributed by atoms with van der Waals surface area (Å²) in [5.74, 6) is -1.01. The Hall–Kier alpha value is -1.43. The smallest absolute Gasteiger partial charge is 0.307 e. The van der Waals surface area contributed by atoms with Crippen LogP contribution in [0.5, 0.6) is 0 Å². The van der Waals surface area contributed by atoms with Gasteiger partial charge in [0.15, 0.2) is 0 Å². The number of hydrogen-bond acceptors (Lipinski definition) is 3. The molecule has 6 heteroatoms. The van der Waals surface area contributed by atoms with E-state index in [1.807, 2.05) is 0 Å². The average Bonchev–Trinajstić information content (AvgIpc) is 2.11. The van der Waals surface area contributed by atoms with Gasteiger partial charge in [-0.15, -0.1) is 0 Å². The molecule has 0 spiro atoms. The fourth-order valence-electron chi connectivity index (χ4n) is 1.21. The number of aryl methyl sites for hydroxylation is 1. The first-order valence-electron chi connectivity index (χ1n) is 4.07. The summed E-state index contributed by atoms with van der Waals surface area (Å²) in [6.07, 6.45) is -0.228. The summed E-state index contributed by atoms with van der Waals surface area (Å²) in [4.78, 5) is 20.6. The van der Waals surface area contributed by atoms with Gasteiger partial charge in [-0.2, -0.15) is 0 Å². The molecule has 0 aliphatic carbocycles. The molecule has 0 aromatic heterocycles. The Bertz CT molecular complexity index is 430. The lowest BCUT2D eigenvalue weighted by atomic mass is 10.1. The van der Waals surface area contributed by atoms with E-state index in [1.165, 1.54) is 6.07 Å². The molecule has 1 aromatic rings. The van der Waals surface area contributed by atoms with E-state index in [4.69, 9.17) is 5.11 Å². The minimum Gasteiger partial charge on any atom is -0.481 e. The van der Waals surface area contributed by atoms with Crippen molar-refractivity contribution in [1.29, 1.82) is 0 Å². The molecule has 0 unspecified atom stereocenters. The first-order valence-corrected chi connectivity index (χ1v) is 4.87. The molecule has 0 bridgehead atoms. The summed E-state index contributed by atoms with van der Waals surface area (Å²) < 4.78 is 0.245. The largest absolute Gasteiger partial charge is 0.481 e. The van der Waals surface area contributed by atoms with Crippen molar-refractivity contribution in [2.75, 3.05) is 0 Å². The van der Waals surface area contributed by atoms with Crippen molar-refractivity contribution in [2.45, 2.75) is 13.3 Å². The molecule has 0 saturated carbocycles. The molecule has 1 rings (SSSR count). The zero-order valence-electron chi connectivity index (χ0n) is 7.86. The molecule has 1 N–H and O–H groups in total. The minimum atomic E-state index is -1.01. The molecular weight excluding hydrogens is 266 g/mol. The molecule has 0 fully saturated rings. The van der Waals surface area contributed by atoms with E-state index in [-0.39, 0.29) is 16.6 Å². The van der Waals surface area contributed by atoms with Gasteiger partial charge in [-0.25, -0.2) is 0 Å².